The predicted molar refractivity (Wildman–Crippen MR) is 158 cm³/mol. The zero-order valence-corrected chi connectivity index (χ0v) is 25.3. The molecule has 0 heterocycles. The summed E-state index contributed by atoms with van der Waals surface area (Å²) in [7, 11) is -2.76. The number of anilines is 1. The molecule has 3 aromatic carbocycles. The standard InChI is InChI=1S/C29H33Cl2N3O5S/c1-19(2)32-29(36)21(4)33(17-22-8-10-23(30)11-9-22)28(35)18-34(24-12-15-27(39-5)26(31)16-24)40(37,38)25-13-6-20(3)7-14-25/h6-16,19,21H,17-18H2,1-5H3,(H,32,36). The number of rotatable bonds is 11. The summed E-state index contributed by atoms with van der Waals surface area (Å²) in [4.78, 5) is 28.3. The Hall–Kier alpha value is -3.27. The van der Waals surface area contributed by atoms with Gasteiger partial charge in [0.15, 0.2) is 0 Å². The molecule has 3 rings (SSSR count). The van der Waals surface area contributed by atoms with Crippen LogP contribution >= 0.6 is 23.2 Å². The number of ether oxygens (including phenoxy) is 1. The fourth-order valence-electron chi connectivity index (χ4n) is 3.95. The maximum atomic E-state index is 13.9. The largest absolute Gasteiger partial charge is 0.495 e. The third kappa shape index (κ3) is 7.68. The van der Waals surface area contributed by atoms with E-state index in [1.165, 1.54) is 42.3 Å². The molecule has 0 saturated heterocycles. The molecule has 214 valence electrons. The van der Waals surface area contributed by atoms with Gasteiger partial charge in [0.25, 0.3) is 10.0 Å². The Labute approximate surface area is 245 Å². The van der Waals surface area contributed by atoms with Crippen LogP contribution in [0.25, 0.3) is 0 Å². The highest BCUT2D eigenvalue weighted by Crippen LogP contribution is 2.32. The highest BCUT2D eigenvalue weighted by molar-refractivity contribution is 7.92. The number of benzene rings is 3. The van der Waals surface area contributed by atoms with Gasteiger partial charge in [-0.05, 0) is 75.7 Å². The van der Waals surface area contributed by atoms with Crippen molar-refractivity contribution in [2.75, 3.05) is 18.0 Å². The van der Waals surface area contributed by atoms with Gasteiger partial charge in [-0.3, -0.25) is 13.9 Å². The van der Waals surface area contributed by atoms with Gasteiger partial charge >= 0.3 is 0 Å². The average Bonchev–Trinajstić information content (AvgIpc) is 2.90. The normalized spacial score (nSPS) is 12.1. The van der Waals surface area contributed by atoms with Gasteiger partial charge in [0.2, 0.25) is 11.8 Å². The van der Waals surface area contributed by atoms with Crippen LogP contribution in [0.15, 0.2) is 71.6 Å². The molecule has 1 atom stereocenters. The van der Waals surface area contributed by atoms with E-state index in [0.29, 0.717) is 10.8 Å². The molecule has 3 aromatic rings. The van der Waals surface area contributed by atoms with Crippen LogP contribution in [-0.2, 0) is 26.2 Å². The summed E-state index contributed by atoms with van der Waals surface area (Å²) in [6.45, 7) is 6.57. The summed E-state index contributed by atoms with van der Waals surface area (Å²) in [5.74, 6) is -0.588. The van der Waals surface area contributed by atoms with E-state index in [1.54, 1.807) is 43.3 Å². The maximum Gasteiger partial charge on any atom is 0.264 e. The van der Waals surface area contributed by atoms with Gasteiger partial charge in [0, 0.05) is 17.6 Å². The minimum Gasteiger partial charge on any atom is -0.495 e. The minimum absolute atomic E-state index is 0.00712. The van der Waals surface area contributed by atoms with E-state index >= 15 is 0 Å². The van der Waals surface area contributed by atoms with Gasteiger partial charge in [-0.2, -0.15) is 0 Å². The summed E-state index contributed by atoms with van der Waals surface area (Å²) in [5, 5.41) is 3.53. The first-order valence-corrected chi connectivity index (χ1v) is 14.8. The first kappa shape index (κ1) is 31.3. The second-order valence-corrected chi connectivity index (χ2v) is 12.3. The number of amides is 2. The van der Waals surface area contributed by atoms with Crippen molar-refractivity contribution in [3.05, 3.63) is 87.9 Å². The van der Waals surface area contributed by atoms with Crippen molar-refractivity contribution in [3.63, 3.8) is 0 Å². The summed E-state index contributed by atoms with van der Waals surface area (Å²) in [6, 6.07) is 16.6. The number of nitrogens with one attached hydrogen (secondary N) is 1. The molecular weight excluding hydrogens is 573 g/mol. The third-order valence-electron chi connectivity index (χ3n) is 6.18. The number of aryl methyl sites for hydroxylation is 1. The van der Waals surface area contributed by atoms with E-state index in [-0.39, 0.29) is 34.1 Å². The Balaban J connectivity index is 2.06. The quantitative estimate of drug-likeness (QED) is 0.313. The first-order valence-electron chi connectivity index (χ1n) is 12.6. The van der Waals surface area contributed by atoms with Crippen molar-refractivity contribution in [2.24, 2.45) is 0 Å². The lowest BCUT2D eigenvalue weighted by atomic mass is 10.1. The van der Waals surface area contributed by atoms with Crippen LogP contribution in [0.2, 0.25) is 10.0 Å². The van der Waals surface area contributed by atoms with Gasteiger partial charge in [-0.15, -0.1) is 0 Å². The second kappa shape index (κ2) is 13.4. The fraction of sp³-hybridized carbons (Fsp3) is 0.310. The molecule has 40 heavy (non-hydrogen) atoms. The smallest absolute Gasteiger partial charge is 0.264 e. The monoisotopic (exact) mass is 605 g/mol. The van der Waals surface area contributed by atoms with E-state index in [1.807, 2.05) is 20.8 Å². The summed E-state index contributed by atoms with van der Waals surface area (Å²) >= 11 is 12.4. The molecule has 0 aliphatic carbocycles. The van der Waals surface area contributed by atoms with Gasteiger partial charge in [-0.1, -0.05) is 53.0 Å². The number of methoxy groups -OCH3 is 1. The molecule has 11 heteroatoms. The Morgan fingerprint density at radius 3 is 2.12 bits per heavy atom. The minimum atomic E-state index is -4.21. The van der Waals surface area contributed by atoms with E-state index in [0.717, 1.165) is 15.4 Å². The Bertz CT molecular complexity index is 1450. The van der Waals surface area contributed by atoms with Crippen LogP contribution in [0, 0.1) is 6.92 Å². The maximum absolute atomic E-state index is 13.9. The zero-order valence-electron chi connectivity index (χ0n) is 23.0. The molecule has 1 N–H and O–H groups in total. The van der Waals surface area contributed by atoms with Crippen LogP contribution in [0.1, 0.15) is 31.9 Å². The molecule has 0 spiro atoms. The lowest BCUT2D eigenvalue weighted by molar-refractivity contribution is -0.139. The number of hydrogen-bond donors (Lipinski definition) is 1. The molecule has 0 radical (unpaired) electrons. The highest BCUT2D eigenvalue weighted by Gasteiger charge is 2.33. The Morgan fingerprint density at radius 1 is 0.950 bits per heavy atom. The summed E-state index contributed by atoms with van der Waals surface area (Å²) < 4.78 is 34.0. The van der Waals surface area contributed by atoms with Crippen LogP contribution < -0.4 is 14.4 Å². The Kier molecular flexibility index (Phi) is 10.5. The molecule has 0 aliphatic heterocycles. The van der Waals surface area contributed by atoms with E-state index in [2.05, 4.69) is 5.32 Å². The van der Waals surface area contributed by atoms with Crippen LogP contribution in [0.4, 0.5) is 5.69 Å². The third-order valence-corrected chi connectivity index (χ3v) is 8.51. The van der Waals surface area contributed by atoms with E-state index in [9.17, 15) is 18.0 Å². The molecule has 1 unspecified atom stereocenters. The molecule has 0 fully saturated rings. The number of carbonyl (C=O) groups excluding carboxylic acids is 2. The lowest BCUT2D eigenvalue weighted by Crippen LogP contribution is -2.52. The van der Waals surface area contributed by atoms with Gasteiger partial charge < -0.3 is 15.0 Å². The van der Waals surface area contributed by atoms with Crippen molar-refractivity contribution < 1.29 is 22.7 Å². The van der Waals surface area contributed by atoms with Crippen molar-refractivity contribution >= 4 is 50.7 Å². The molecule has 0 aliphatic rings. The predicted octanol–water partition coefficient (Wildman–Crippen LogP) is 5.45. The van der Waals surface area contributed by atoms with Crippen molar-refractivity contribution in [1.82, 2.24) is 10.2 Å². The summed E-state index contributed by atoms with van der Waals surface area (Å²) in [6.07, 6.45) is 0. The Morgan fingerprint density at radius 2 is 1.57 bits per heavy atom. The number of halogens is 2. The van der Waals surface area contributed by atoms with Crippen molar-refractivity contribution in [3.8, 4) is 5.75 Å². The second-order valence-electron chi connectivity index (χ2n) is 9.63. The molecule has 0 bridgehead atoms. The zero-order chi connectivity index (χ0) is 29.6. The van der Waals surface area contributed by atoms with Crippen LogP contribution in [0.3, 0.4) is 0 Å². The van der Waals surface area contributed by atoms with Crippen molar-refractivity contribution in [2.45, 2.75) is 51.2 Å². The number of hydrogen-bond acceptors (Lipinski definition) is 5. The highest BCUT2D eigenvalue weighted by atomic mass is 35.5. The van der Waals surface area contributed by atoms with Crippen LogP contribution in [0.5, 0.6) is 5.75 Å². The fourth-order valence-corrected chi connectivity index (χ4v) is 5.73. The van der Waals surface area contributed by atoms with Gasteiger partial charge in [-0.25, -0.2) is 8.42 Å². The molecule has 2 amide bonds. The molecular formula is C29H33Cl2N3O5S. The first-order chi connectivity index (χ1) is 18.8. The SMILES string of the molecule is COc1ccc(N(CC(=O)N(Cc2ccc(Cl)cc2)C(C)C(=O)NC(C)C)S(=O)(=O)c2ccc(C)cc2)cc1Cl. The van der Waals surface area contributed by atoms with Crippen LogP contribution in [-0.4, -0.2) is 50.9 Å². The lowest BCUT2D eigenvalue weighted by Gasteiger charge is -2.32. The average molecular weight is 607 g/mol. The van der Waals surface area contributed by atoms with E-state index in [4.69, 9.17) is 27.9 Å². The topological polar surface area (TPSA) is 96.0 Å². The van der Waals surface area contributed by atoms with Gasteiger partial charge in [0.1, 0.15) is 18.3 Å². The summed E-state index contributed by atoms with van der Waals surface area (Å²) in [5.41, 5.74) is 1.78. The molecule has 8 nitrogen and oxygen atoms in total. The molecule has 0 aromatic heterocycles. The van der Waals surface area contributed by atoms with Crippen molar-refractivity contribution in [1.29, 1.82) is 0 Å². The number of carbonyl (C=O) groups is 2. The number of sulfonamides is 1. The van der Waals surface area contributed by atoms with E-state index < -0.39 is 28.5 Å². The van der Waals surface area contributed by atoms with Gasteiger partial charge in [0.05, 0.1) is 22.7 Å². The number of nitrogens with zero attached hydrogens (tertiary/aromatic N) is 2. The molecule has 0 saturated carbocycles.